The van der Waals surface area contributed by atoms with Crippen molar-refractivity contribution in [2.24, 2.45) is 14.1 Å². The van der Waals surface area contributed by atoms with Gasteiger partial charge in [0.05, 0.1) is 17.9 Å². The molecule has 0 aliphatic rings. The summed E-state index contributed by atoms with van der Waals surface area (Å²) in [4.78, 5) is 0. The number of para-hydroxylation sites is 1. The van der Waals surface area contributed by atoms with Crippen molar-refractivity contribution in [1.82, 2.24) is 14.3 Å². The summed E-state index contributed by atoms with van der Waals surface area (Å²) in [5, 5.41) is 9.35. The van der Waals surface area contributed by atoms with Crippen molar-refractivity contribution in [3.8, 4) is 0 Å². The number of aryl methyl sites for hydroxylation is 4. The Bertz CT molecular complexity index is 741. The van der Waals surface area contributed by atoms with Crippen LogP contribution in [0.4, 0.5) is 5.69 Å². The lowest BCUT2D eigenvalue weighted by molar-refractivity contribution is 0.746. The topological polar surface area (TPSA) is 34.8 Å². The number of nitrogens with zero attached hydrogens (tertiary/aromatic N) is 3. The molecule has 0 spiro atoms. The fraction of sp³-hybridized carbons (Fsp3) is 0.353. The van der Waals surface area contributed by atoms with Crippen LogP contribution >= 0.6 is 0 Å². The van der Waals surface area contributed by atoms with Gasteiger partial charge in [0.25, 0.3) is 0 Å². The standard InChI is InChI=1S/C17H22N4/c1-5-14-15(11-20(3)19-14)18-10-17-12(2)13-8-6-7-9-16(13)21(17)4/h6-9,11,18H,5,10H2,1-4H3. The fourth-order valence-corrected chi connectivity index (χ4v) is 3.01. The zero-order valence-corrected chi connectivity index (χ0v) is 13.1. The molecule has 0 unspecified atom stereocenters. The van der Waals surface area contributed by atoms with Gasteiger partial charge >= 0.3 is 0 Å². The summed E-state index contributed by atoms with van der Waals surface area (Å²) >= 11 is 0. The Morgan fingerprint density at radius 1 is 1.19 bits per heavy atom. The first-order valence-corrected chi connectivity index (χ1v) is 7.41. The second kappa shape index (κ2) is 5.28. The zero-order chi connectivity index (χ0) is 15.0. The smallest absolute Gasteiger partial charge is 0.0853 e. The minimum atomic E-state index is 0.815. The number of fused-ring (bicyclic) bond motifs is 1. The fourth-order valence-electron chi connectivity index (χ4n) is 3.01. The van der Waals surface area contributed by atoms with E-state index in [0.29, 0.717) is 0 Å². The summed E-state index contributed by atoms with van der Waals surface area (Å²) < 4.78 is 4.15. The van der Waals surface area contributed by atoms with Crippen LogP contribution in [-0.4, -0.2) is 14.3 Å². The lowest BCUT2D eigenvalue weighted by Crippen LogP contribution is -2.06. The number of nitrogens with one attached hydrogen (secondary N) is 1. The predicted molar refractivity (Wildman–Crippen MR) is 87.6 cm³/mol. The molecule has 0 saturated carbocycles. The number of aromatic nitrogens is 3. The molecule has 1 N–H and O–H groups in total. The Morgan fingerprint density at radius 2 is 1.95 bits per heavy atom. The van der Waals surface area contributed by atoms with Crippen molar-refractivity contribution >= 4 is 16.6 Å². The molecule has 0 amide bonds. The minimum Gasteiger partial charge on any atom is -0.377 e. The quantitative estimate of drug-likeness (QED) is 0.796. The Balaban J connectivity index is 1.92. The van der Waals surface area contributed by atoms with E-state index in [9.17, 15) is 0 Å². The van der Waals surface area contributed by atoms with E-state index in [-0.39, 0.29) is 0 Å². The maximum absolute atomic E-state index is 4.48. The molecular weight excluding hydrogens is 260 g/mol. The lowest BCUT2D eigenvalue weighted by atomic mass is 10.1. The zero-order valence-electron chi connectivity index (χ0n) is 13.1. The molecule has 4 heteroatoms. The molecule has 0 aliphatic heterocycles. The van der Waals surface area contributed by atoms with E-state index in [0.717, 1.165) is 24.3 Å². The third-order valence-electron chi connectivity index (χ3n) is 4.19. The van der Waals surface area contributed by atoms with Crippen LogP contribution in [0.2, 0.25) is 0 Å². The van der Waals surface area contributed by atoms with Crippen LogP contribution in [0, 0.1) is 6.92 Å². The summed E-state index contributed by atoms with van der Waals surface area (Å²) in [5.41, 5.74) is 6.21. The highest BCUT2D eigenvalue weighted by molar-refractivity contribution is 5.85. The van der Waals surface area contributed by atoms with Crippen molar-refractivity contribution in [1.29, 1.82) is 0 Å². The minimum absolute atomic E-state index is 0.815. The molecular formula is C17H22N4. The molecule has 3 aromatic rings. The van der Waals surface area contributed by atoms with E-state index in [4.69, 9.17) is 0 Å². The molecule has 3 rings (SSSR count). The molecule has 2 heterocycles. The van der Waals surface area contributed by atoms with Gasteiger partial charge in [-0.25, -0.2) is 0 Å². The van der Waals surface area contributed by atoms with Crippen molar-refractivity contribution in [2.75, 3.05) is 5.32 Å². The monoisotopic (exact) mass is 282 g/mol. The number of hydrogen-bond acceptors (Lipinski definition) is 2. The Labute approximate surface area is 125 Å². The highest BCUT2D eigenvalue weighted by Crippen LogP contribution is 2.25. The second-order valence-corrected chi connectivity index (χ2v) is 5.52. The van der Waals surface area contributed by atoms with Gasteiger partial charge in [-0.15, -0.1) is 0 Å². The van der Waals surface area contributed by atoms with E-state index in [1.54, 1.807) is 0 Å². The molecule has 1 aromatic carbocycles. The summed E-state index contributed by atoms with van der Waals surface area (Å²) in [5.74, 6) is 0. The van der Waals surface area contributed by atoms with Gasteiger partial charge in [-0.2, -0.15) is 5.10 Å². The van der Waals surface area contributed by atoms with Gasteiger partial charge in [-0.3, -0.25) is 4.68 Å². The van der Waals surface area contributed by atoms with Crippen molar-refractivity contribution in [3.63, 3.8) is 0 Å². The van der Waals surface area contributed by atoms with Crippen molar-refractivity contribution in [2.45, 2.75) is 26.8 Å². The van der Waals surface area contributed by atoms with E-state index in [1.807, 2.05) is 11.7 Å². The van der Waals surface area contributed by atoms with Gasteiger partial charge in [0.1, 0.15) is 0 Å². The van der Waals surface area contributed by atoms with Crippen LogP contribution in [-0.2, 0) is 27.1 Å². The van der Waals surface area contributed by atoms with Gasteiger partial charge < -0.3 is 9.88 Å². The maximum atomic E-state index is 4.48. The molecule has 0 aliphatic carbocycles. The largest absolute Gasteiger partial charge is 0.377 e. The van der Waals surface area contributed by atoms with Gasteiger partial charge in [0.15, 0.2) is 0 Å². The number of benzene rings is 1. The summed E-state index contributed by atoms with van der Waals surface area (Å²) in [6.07, 6.45) is 2.99. The number of rotatable bonds is 4. The first kappa shape index (κ1) is 13.7. The second-order valence-electron chi connectivity index (χ2n) is 5.52. The predicted octanol–water partition coefficient (Wildman–Crippen LogP) is 3.39. The number of hydrogen-bond donors (Lipinski definition) is 1. The average Bonchev–Trinajstić information content (AvgIpc) is 2.97. The molecule has 21 heavy (non-hydrogen) atoms. The third-order valence-corrected chi connectivity index (χ3v) is 4.19. The van der Waals surface area contributed by atoms with E-state index in [2.05, 4.69) is 66.3 Å². The van der Waals surface area contributed by atoms with E-state index < -0.39 is 0 Å². The van der Waals surface area contributed by atoms with E-state index in [1.165, 1.54) is 22.2 Å². The van der Waals surface area contributed by atoms with Crippen LogP contribution in [0.5, 0.6) is 0 Å². The van der Waals surface area contributed by atoms with Crippen LogP contribution in [0.15, 0.2) is 30.5 Å². The molecule has 0 bridgehead atoms. The summed E-state index contributed by atoms with van der Waals surface area (Å²) in [6, 6.07) is 8.56. The molecule has 4 nitrogen and oxygen atoms in total. The normalized spacial score (nSPS) is 11.2. The van der Waals surface area contributed by atoms with E-state index >= 15 is 0 Å². The highest BCUT2D eigenvalue weighted by atomic mass is 15.3. The third kappa shape index (κ3) is 2.31. The first-order valence-electron chi connectivity index (χ1n) is 7.41. The van der Waals surface area contributed by atoms with Crippen LogP contribution < -0.4 is 5.32 Å². The molecule has 0 atom stereocenters. The van der Waals surface area contributed by atoms with Crippen LogP contribution in [0.25, 0.3) is 10.9 Å². The van der Waals surface area contributed by atoms with Gasteiger partial charge in [0.2, 0.25) is 0 Å². The van der Waals surface area contributed by atoms with Gasteiger partial charge in [-0.05, 0) is 25.0 Å². The number of anilines is 1. The maximum Gasteiger partial charge on any atom is 0.0853 e. The van der Waals surface area contributed by atoms with Gasteiger partial charge in [0, 0.05) is 36.9 Å². The summed E-state index contributed by atoms with van der Waals surface area (Å²) in [7, 11) is 4.10. The molecule has 0 radical (unpaired) electrons. The highest BCUT2D eigenvalue weighted by Gasteiger charge is 2.12. The first-order chi connectivity index (χ1) is 10.1. The molecule has 110 valence electrons. The Hall–Kier alpha value is -2.23. The van der Waals surface area contributed by atoms with Crippen molar-refractivity contribution in [3.05, 3.63) is 47.4 Å². The Morgan fingerprint density at radius 3 is 2.67 bits per heavy atom. The molecule has 0 saturated heterocycles. The summed E-state index contributed by atoms with van der Waals surface area (Å²) in [6.45, 7) is 5.15. The lowest BCUT2D eigenvalue weighted by Gasteiger charge is -2.08. The van der Waals surface area contributed by atoms with Gasteiger partial charge in [-0.1, -0.05) is 25.1 Å². The van der Waals surface area contributed by atoms with Crippen LogP contribution in [0.3, 0.4) is 0 Å². The Kier molecular flexibility index (Phi) is 3.45. The van der Waals surface area contributed by atoms with Crippen LogP contribution in [0.1, 0.15) is 23.9 Å². The molecule has 0 fully saturated rings. The average molecular weight is 282 g/mol. The SMILES string of the molecule is CCc1nn(C)cc1NCc1c(C)c2ccccc2n1C. The van der Waals surface area contributed by atoms with Crippen molar-refractivity contribution < 1.29 is 0 Å². The molecule has 2 aromatic heterocycles.